The summed E-state index contributed by atoms with van der Waals surface area (Å²) < 4.78 is 44.4. The third-order valence-corrected chi connectivity index (χ3v) is 5.34. The van der Waals surface area contributed by atoms with Crippen LogP contribution >= 0.6 is 15.9 Å². The van der Waals surface area contributed by atoms with E-state index in [2.05, 4.69) is 21.2 Å². The van der Waals surface area contributed by atoms with Gasteiger partial charge in [0, 0.05) is 23.2 Å². The van der Waals surface area contributed by atoms with E-state index in [-0.39, 0.29) is 22.4 Å². The van der Waals surface area contributed by atoms with Crippen molar-refractivity contribution in [1.82, 2.24) is 4.90 Å². The predicted molar refractivity (Wildman–Crippen MR) is 109 cm³/mol. The molecule has 1 aliphatic rings. The van der Waals surface area contributed by atoms with E-state index in [4.69, 9.17) is 4.74 Å². The normalized spacial score (nSPS) is 16.5. The second-order valence-electron chi connectivity index (χ2n) is 6.78. The van der Waals surface area contributed by atoms with Gasteiger partial charge < -0.3 is 10.1 Å². The number of aryl methyl sites for hydroxylation is 1. The standard InChI is InChI=1S/C21H18BrF3N2O3/c1-12-3-5-13(6-4-12)18-9-14(28)7-8-27(18)20(29)26-17-11-19(30-2)15(10-16(17)22)21(23,24)25/h3-8,10-11,18H,9H2,1-2H3,(H,26,29)/t18-/m0/s1. The highest BCUT2D eigenvalue weighted by atomic mass is 79.9. The van der Waals surface area contributed by atoms with Gasteiger partial charge in [0.15, 0.2) is 5.78 Å². The first-order chi connectivity index (χ1) is 14.1. The Morgan fingerprint density at radius 1 is 1.23 bits per heavy atom. The number of carbonyl (C=O) groups is 2. The lowest BCUT2D eigenvalue weighted by atomic mass is 9.97. The maximum Gasteiger partial charge on any atom is 0.420 e. The average molecular weight is 483 g/mol. The van der Waals surface area contributed by atoms with E-state index < -0.39 is 29.6 Å². The highest BCUT2D eigenvalue weighted by Crippen LogP contribution is 2.41. The number of carbonyl (C=O) groups excluding carboxylic acids is 2. The molecule has 5 nitrogen and oxygen atoms in total. The van der Waals surface area contributed by atoms with Crippen LogP contribution in [0.25, 0.3) is 0 Å². The summed E-state index contributed by atoms with van der Waals surface area (Å²) in [5.74, 6) is -0.539. The topological polar surface area (TPSA) is 58.6 Å². The first kappa shape index (κ1) is 21.9. The van der Waals surface area contributed by atoms with Crippen molar-refractivity contribution in [2.45, 2.75) is 25.6 Å². The molecule has 1 aliphatic heterocycles. The summed E-state index contributed by atoms with van der Waals surface area (Å²) in [7, 11) is 1.12. The van der Waals surface area contributed by atoms with Gasteiger partial charge >= 0.3 is 12.2 Å². The molecular weight excluding hydrogens is 465 g/mol. The Hall–Kier alpha value is -2.81. The fourth-order valence-corrected chi connectivity index (χ4v) is 3.56. The van der Waals surface area contributed by atoms with Crippen molar-refractivity contribution in [2.75, 3.05) is 12.4 Å². The van der Waals surface area contributed by atoms with Crippen LogP contribution in [0, 0.1) is 6.92 Å². The summed E-state index contributed by atoms with van der Waals surface area (Å²) in [5.41, 5.74) is 0.958. The van der Waals surface area contributed by atoms with Gasteiger partial charge in [-0.25, -0.2) is 4.79 Å². The van der Waals surface area contributed by atoms with Crippen molar-refractivity contribution < 1.29 is 27.5 Å². The highest BCUT2D eigenvalue weighted by Gasteiger charge is 2.35. The molecule has 0 radical (unpaired) electrons. The minimum atomic E-state index is -4.61. The number of ether oxygens (including phenoxy) is 1. The van der Waals surface area contributed by atoms with E-state index in [1.165, 1.54) is 17.2 Å². The van der Waals surface area contributed by atoms with E-state index in [1.807, 2.05) is 31.2 Å². The van der Waals surface area contributed by atoms with Crippen LogP contribution in [0.5, 0.6) is 5.75 Å². The van der Waals surface area contributed by atoms with Gasteiger partial charge in [0.05, 0.1) is 24.4 Å². The third-order valence-electron chi connectivity index (χ3n) is 4.68. The molecule has 0 saturated heterocycles. The average Bonchev–Trinajstić information content (AvgIpc) is 2.68. The molecular formula is C21H18BrF3N2O3. The van der Waals surface area contributed by atoms with E-state index in [0.717, 1.165) is 30.4 Å². The number of hydrogen-bond donors (Lipinski definition) is 1. The maximum absolute atomic E-state index is 13.2. The van der Waals surface area contributed by atoms with Crippen LogP contribution in [0.1, 0.15) is 29.2 Å². The van der Waals surface area contributed by atoms with Crippen molar-refractivity contribution in [3.05, 3.63) is 69.8 Å². The Morgan fingerprint density at radius 3 is 2.50 bits per heavy atom. The van der Waals surface area contributed by atoms with E-state index in [0.29, 0.717) is 0 Å². The smallest absolute Gasteiger partial charge is 0.420 e. The van der Waals surface area contributed by atoms with Gasteiger partial charge in [0.1, 0.15) is 5.75 Å². The monoisotopic (exact) mass is 482 g/mol. The summed E-state index contributed by atoms with van der Waals surface area (Å²) in [4.78, 5) is 26.2. The molecule has 0 spiro atoms. The van der Waals surface area contributed by atoms with Gasteiger partial charge in [0.25, 0.3) is 0 Å². The summed E-state index contributed by atoms with van der Waals surface area (Å²) >= 11 is 3.07. The Bertz CT molecular complexity index is 1000. The Kier molecular flexibility index (Phi) is 6.21. The number of nitrogens with one attached hydrogen (secondary N) is 1. The van der Waals surface area contributed by atoms with Gasteiger partial charge in [-0.15, -0.1) is 0 Å². The molecule has 1 N–H and O–H groups in total. The Balaban J connectivity index is 1.91. The van der Waals surface area contributed by atoms with E-state index in [9.17, 15) is 22.8 Å². The van der Waals surface area contributed by atoms with Crippen molar-refractivity contribution in [1.29, 1.82) is 0 Å². The molecule has 3 rings (SSSR count). The number of amides is 2. The first-order valence-electron chi connectivity index (χ1n) is 8.92. The quantitative estimate of drug-likeness (QED) is 0.597. The number of allylic oxidation sites excluding steroid dienone is 1. The van der Waals surface area contributed by atoms with Gasteiger partial charge in [-0.3, -0.25) is 9.69 Å². The summed E-state index contributed by atoms with van der Waals surface area (Å²) in [6.45, 7) is 1.93. The minimum Gasteiger partial charge on any atom is -0.496 e. The lowest BCUT2D eigenvalue weighted by Gasteiger charge is -2.31. The Morgan fingerprint density at radius 2 is 1.90 bits per heavy atom. The molecule has 1 heterocycles. The van der Waals surface area contributed by atoms with Crippen LogP contribution in [0.15, 0.2) is 53.1 Å². The van der Waals surface area contributed by atoms with Crippen LogP contribution in [-0.2, 0) is 11.0 Å². The molecule has 30 heavy (non-hydrogen) atoms. The SMILES string of the molecule is COc1cc(NC(=O)N2C=CC(=O)C[C@H]2c2ccc(C)cc2)c(Br)cc1C(F)(F)F. The number of urea groups is 1. The molecule has 2 aromatic carbocycles. The third kappa shape index (κ3) is 4.67. The van der Waals surface area contributed by atoms with Crippen molar-refractivity contribution in [2.24, 2.45) is 0 Å². The van der Waals surface area contributed by atoms with Crippen LogP contribution in [0.3, 0.4) is 0 Å². The predicted octanol–water partition coefficient (Wildman–Crippen LogP) is 5.85. The van der Waals surface area contributed by atoms with E-state index >= 15 is 0 Å². The van der Waals surface area contributed by atoms with Crippen LogP contribution < -0.4 is 10.1 Å². The number of nitrogens with zero attached hydrogens (tertiary/aromatic N) is 1. The number of alkyl halides is 3. The van der Waals surface area contributed by atoms with Crippen molar-refractivity contribution >= 4 is 33.4 Å². The summed E-state index contributed by atoms with van der Waals surface area (Å²) in [5, 5.41) is 2.59. The van der Waals surface area contributed by atoms with Gasteiger partial charge in [-0.1, -0.05) is 29.8 Å². The lowest BCUT2D eigenvalue weighted by molar-refractivity contribution is -0.138. The summed E-state index contributed by atoms with van der Waals surface area (Å²) in [6, 6.07) is 8.27. The fraction of sp³-hybridized carbons (Fsp3) is 0.238. The molecule has 1 atom stereocenters. The zero-order valence-electron chi connectivity index (χ0n) is 16.1. The van der Waals surface area contributed by atoms with Crippen LogP contribution in [0.2, 0.25) is 0 Å². The molecule has 0 aliphatic carbocycles. The molecule has 0 saturated carbocycles. The fourth-order valence-electron chi connectivity index (χ4n) is 3.12. The van der Waals surface area contributed by atoms with Crippen LogP contribution in [-0.4, -0.2) is 23.8 Å². The number of rotatable bonds is 3. The second kappa shape index (κ2) is 8.51. The van der Waals surface area contributed by atoms with Gasteiger partial charge in [0.2, 0.25) is 0 Å². The maximum atomic E-state index is 13.2. The van der Waals surface area contributed by atoms with Gasteiger partial charge in [-0.2, -0.15) is 13.2 Å². The van der Waals surface area contributed by atoms with Gasteiger partial charge in [-0.05, 0) is 40.6 Å². The molecule has 0 unspecified atom stereocenters. The molecule has 0 aromatic heterocycles. The number of hydrogen-bond acceptors (Lipinski definition) is 3. The number of benzene rings is 2. The Labute approximate surface area is 179 Å². The summed E-state index contributed by atoms with van der Waals surface area (Å²) in [6.07, 6.45) is -1.83. The minimum absolute atomic E-state index is 0.0490. The zero-order valence-corrected chi connectivity index (χ0v) is 17.7. The molecule has 0 bridgehead atoms. The number of halogens is 4. The van der Waals surface area contributed by atoms with Crippen LogP contribution in [0.4, 0.5) is 23.7 Å². The largest absolute Gasteiger partial charge is 0.496 e. The molecule has 2 aromatic rings. The highest BCUT2D eigenvalue weighted by molar-refractivity contribution is 9.10. The van der Waals surface area contributed by atoms with Crippen molar-refractivity contribution in [3.8, 4) is 5.75 Å². The molecule has 2 amide bonds. The molecule has 9 heteroatoms. The number of methoxy groups -OCH3 is 1. The number of anilines is 1. The zero-order chi connectivity index (χ0) is 22.1. The number of ketones is 1. The molecule has 158 valence electrons. The first-order valence-corrected chi connectivity index (χ1v) is 9.71. The second-order valence-corrected chi connectivity index (χ2v) is 7.63. The van der Waals surface area contributed by atoms with E-state index in [1.54, 1.807) is 0 Å². The molecule has 0 fully saturated rings. The lowest BCUT2D eigenvalue weighted by Crippen LogP contribution is -2.37. The van der Waals surface area contributed by atoms with Crippen molar-refractivity contribution in [3.63, 3.8) is 0 Å².